The Bertz CT molecular complexity index is 1030. The zero-order valence-corrected chi connectivity index (χ0v) is 21.7. The van der Waals surface area contributed by atoms with Crippen LogP contribution in [0.25, 0.3) is 11.3 Å². The molecule has 0 aliphatic heterocycles. The van der Waals surface area contributed by atoms with Crippen molar-refractivity contribution in [1.29, 1.82) is 0 Å². The average molecular weight is 509 g/mol. The van der Waals surface area contributed by atoms with Crippen LogP contribution in [0.4, 0.5) is 5.13 Å². The van der Waals surface area contributed by atoms with E-state index in [1.54, 1.807) is 26.0 Å². The van der Waals surface area contributed by atoms with Crippen molar-refractivity contribution in [2.45, 2.75) is 46.8 Å². The molecule has 0 aliphatic rings. The summed E-state index contributed by atoms with van der Waals surface area (Å²) in [5.74, 6) is -0.252. The predicted octanol–water partition coefficient (Wildman–Crippen LogP) is 7.16. The van der Waals surface area contributed by atoms with E-state index in [-0.39, 0.29) is 12.4 Å². The van der Waals surface area contributed by atoms with Crippen LogP contribution in [0, 0.1) is 0 Å². The fourth-order valence-electron chi connectivity index (χ4n) is 3.09. The number of halogens is 2. The molecule has 8 heteroatoms. The van der Waals surface area contributed by atoms with Gasteiger partial charge in [-0.05, 0) is 31.5 Å². The van der Waals surface area contributed by atoms with E-state index in [0.29, 0.717) is 40.6 Å². The summed E-state index contributed by atoms with van der Waals surface area (Å²) in [4.78, 5) is 19.5. The molecule has 0 spiro atoms. The van der Waals surface area contributed by atoms with Crippen LogP contribution in [-0.4, -0.2) is 29.2 Å². The number of nitrogens with zero attached hydrogens (tertiary/aromatic N) is 2. The van der Waals surface area contributed by atoms with E-state index in [9.17, 15) is 9.90 Å². The molecule has 1 atom stereocenters. The van der Waals surface area contributed by atoms with Crippen LogP contribution in [0.1, 0.15) is 50.7 Å². The third-order valence-electron chi connectivity index (χ3n) is 4.59. The lowest BCUT2D eigenvalue weighted by Crippen LogP contribution is -2.26. The number of hydrogen-bond donors (Lipinski definition) is 1. The number of hydrogen-bond acceptors (Lipinski definition) is 6. The Labute approximate surface area is 209 Å². The number of benzene rings is 2. The fourth-order valence-corrected chi connectivity index (χ4v) is 4.44. The van der Waals surface area contributed by atoms with Gasteiger partial charge in [-0.2, -0.15) is 0 Å². The highest BCUT2D eigenvalue weighted by Crippen LogP contribution is 2.39. The number of aliphatic hydroxyl groups excluding tert-OH is 1. The van der Waals surface area contributed by atoms with Gasteiger partial charge in [0.1, 0.15) is 0 Å². The molecule has 0 amide bonds. The van der Waals surface area contributed by atoms with Crippen molar-refractivity contribution in [3.63, 3.8) is 0 Å². The number of thiazole rings is 1. The molecule has 1 unspecified atom stereocenters. The molecule has 1 N–H and O–H groups in total. The number of rotatable bonds is 9. The predicted molar refractivity (Wildman–Crippen MR) is 138 cm³/mol. The average Bonchev–Trinajstić information content (AvgIpc) is 3.26. The molecule has 5 nitrogen and oxygen atoms in total. The molecular weight excluding hydrogens is 479 g/mol. The van der Waals surface area contributed by atoms with Crippen molar-refractivity contribution in [3.05, 3.63) is 69.0 Å². The van der Waals surface area contributed by atoms with Crippen LogP contribution in [-0.2, 0) is 16.1 Å². The highest BCUT2D eigenvalue weighted by atomic mass is 35.5. The van der Waals surface area contributed by atoms with Crippen molar-refractivity contribution in [2.24, 2.45) is 0 Å². The van der Waals surface area contributed by atoms with E-state index in [1.165, 1.54) is 11.3 Å². The summed E-state index contributed by atoms with van der Waals surface area (Å²) in [6.07, 6.45) is -0.467. The first kappa shape index (κ1) is 27.1. The number of anilines is 1. The monoisotopic (exact) mass is 508 g/mol. The van der Waals surface area contributed by atoms with Gasteiger partial charge in [0.15, 0.2) is 5.13 Å². The minimum Gasteiger partial charge on any atom is -0.466 e. The maximum atomic E-state index is 12.0. The van der Waals surface area contributed by atoms with Crippen molar-refractivity contribution < 1.29 is 14.6 Å². The SMILES string of the molecule is CC.CCOC(=O)CCN(Cc1ccccc1)c1nc(-c2ccc(Cl)c(Cl)c2)c(C(C)O)s1. The van der Waals surface area contributed by atoms with E-state index in [2.05, 4.69) is 0 Å². The molecule has 0 fully saturated rings. The minimum atomic E-state index is -0.709. The van der Waals surface area contributed by atoms with Crippen molar-refractivity contribution in [1.82, 2.24) is 4.98 Å². The smallest absolute Gasteiger partial charge is 0.307 e. The molecule has 0 saturated heterocycles. The number of carbonyl (C=O) groups excluding carboxylic acids is 1. The van der Waals surface area contributed by atoms with Gasteiger partial charge in [0.25, 0.3) is 0 Å². The minimum absolute atomic E-state index is 0.242. The third-order valence-corrected chi connectivity index (χ3v) is 6.62. The summed E-state index contributed by atoms with van der Waals surface area (Å²) in [7, 11) is 0. The Morgan fingerprint density at radius 2 is 1.85 bits per heavy atom. The van der Waals surface area contributed by atoms with E-state index >= 15 is 0 Å². The lowest BCUT2D eigenvalue weighted by Gasteiger charge is -2.21. The number of carbonyl (C=O) groups is 1. The van der Waals surface area contributed by atoms with E-state index < -0.39 is 6.10 Å². The fraction of sp³-hybridized carbons (Fsp3) is 0.360. The van der Waals surface area contributed by atoms with Gasteiger partial charge in [0, 0.05) is 18.7 Å². The molecule has 178 valence electrons. The Morgan fingerprint density at radius 1 is 1.15 bits per heavy atom. The summed E-state index contributed by atoms with van der Waals surface area (Å²) in [5, 5.41) is 12.0. The van der Waals surface area contributed by atoms with Crippen LogP contribution in [0.2, 0.25) is 10.0 Å². The number of aromatic nitrogens is 1. The molecule has 1 aromatic heterocycles. The quantitative estimate of drug-likeness (QED) is 0.310. The summed E-state index contributed by atoms with van der Waals surface area (Å²) < 4.78 is 5.09. The van der Waals surface area contributed by atoms with Gasteiger partial charge in [-0.25, -0.2) is 4.98 Å². The number of esters is 1. The molecule has 3 rings (SSSR count). The zero-order valence-electron chi connectivity index (χ0n) is 19.3. The van der Waals surface area contributed by atoms with Gasteiger partial charge >= 0.3 is 5.97 Å². The molecule has 0 aliphatic carbocycles. The van der Waals surface area contributed by atoms with Crippen LogP contribution in [0.15, 0.2) is 48.5 Å². The van der Waals surface area contributed by atoms with Crippen LogP contribution >= 0.6 is 34.5 Å². The molecule has 3 aromatic rings. The summed E-state index contributed by atoms with van der Waals surface area (Å²) in [6.45, 7) is 8.87. The van der Waals surface area contributed by atoms with Gasteiger partial charge in [-0.1, -0.05) is 84.8 Å². The summed E-state index contributed by atoms with van der Waals surface area (Å²) >= 11 is 13.7. The number of ether oxygens (including phenoxy) is 1. The largest absolute Gasteiger partial charge is 0.466 e. The Hall–Kier alpha value is -2.12. The standard InChI is InChI=1S/C23H24Cl2N2O3S.C2H6/c1-3-30-20(29)11-12-27(14-16-7-5-4-6-8-16)23-26-21(22(31-23)15(2)28)17-9-10-18(24)19(25)13-17;1-2/h4-10,13,15,28H,3,11-12,14H2,1-2H3;1-2H3. The van der Waals surface area contributed by atoms with Gasteiger partial charge in [0.2, 0.25) is 0 Å². The maximum absolute atomic E-state index is 12.0. The molecule has 33 heavy (non-hydrogen) atoms. The van der Waals surface area contributed by atoms with Crippen molar-refractivity contribution in [3.8, 4) is 11.3 Å². The molecule has 0 bridgehead atoms. The van der Waals surface area contributed by atoms with E-state index in [0.717, 1.165) is 16.0 Å². The van der Waals surface area contributed by atoms with Gasteiger partial charge in [-0.15, -0.1) is 0 Å². The Balaban J connectivity index is 0.00000187. The second kappa shape index (κ2) is 13.6. The van der Waals surface area contributed by atoms with Gasteiger partial charge < -0.3 is 14.7 Å². The van der Waals surface area contributed by atoms with E-state index in [1.807, 2.05) is 55.1 Å². The Kier molecular flexibility index (Phi) is 11.1. The highest BCUT2D eigenvalue weighted by Gasteiger charge is 2.22. The first-order valence-corrected chi connectivity index (χ1v) is 12.5. The summed E-state index contributed by atoms with van der Waals surface area (Å²) in [5.41, 5.74) is 2.52. The van der Waals surface area contributed by atoms with E-state index in [4.69, 9.17) is 32.9 Å². The van der Waals surface area contributed by atoms with Gasteiger partial charge in [-0.3, -0.25) is 4.79 Å². The Morgan fingerprint density at radius 3 is 2.45 bits per heavy atom. The zero-order chi connectivity index (χ0) is 24.4. The lowest BCUT2D eigenvalue weighted by atomic mass is 10.1. The van der Waals surface area contributed by atoms with Gasteiger partial charge in [0.05, 0.1) is 39.7 Å². The van der Waals surface area contributed by atoms with Crippen molar-refractivity contribution in [2.75, 3.05) is 18.1 Å². The van der Waals surface area contributed by atoms with Crippen molar-refractivity contribution >= 4 is 45.6 Å². The molecule has 0 radical (unpaired) electrons. The third kappa shape index (κ3) is 7.71. The lowest BCUT2D eigenvalue weighted by molar-refractivity contribution is -0.142. The second-order valence-corrected chi connectivity index (χ2v) is 8.80. The van der Waals surface area contributed by atoms with Crippen LogP contribution in [0.5, 0.6) is 0 Å². The first-order valence-electron chi connectivity index (χ1n) is 11.0. The first-order chi connectivity index (χ1) is 15.9. The van der Waals surface area contributed by atoms with Crippen LogP contribution in [0.3, 0.4) is 0 Å². The second-order valence-electron chi connectivity index (χ2n) is 6.98. The molecule has 0 saturated carbocycles. The maximum Gasteiger partial charge on any atom is 0.307 e. The number of aliphatic hydroxyl groups is 1. The highest BCUT2D eigenvalue weighted by molar-refractivity contribution is 7.16. The molecular formula is C25H30Cl2N2O3S. The molecule has 2 aromatic carbocycles. The van der Waals surface area contributed by atoms with Crippen LogP contribution < -0.4 is 4.90 Å². The topological polar surface area (TPSA) is 62.7 Å². The summed E-state index contributed by atoms with van der Waals surface area (Å²) in [6, 6.07) is 15.3. The normalized spacial score (nSPS) is 11.4. The molecule has 1 heterocycles.